The van der Waals surface area contributed by atoms with Crippen LogP contribution in [0, 0.1) is 0 Å². The topological polar surface area (TPSA) is 160 Å². The van der Waals surface area contributed by atoms with Crippen LogP contribution in [0.5, 0.6) is 11.5 Å². The fraction of sp³-hybridized carbons (Fsp3) is 0.308. The second kappa shape index (κ2) is 12.5. The Bertz CT molecular complexity index is 1620. The number of carbonyl (C=O) groups is 2. The Hall–Kier alpha value is -4.27. The first-order valence-corrected chi connectivity index (χ1v) is 13.4. The molecule has 3 heterocycles. The standard InChI is InChI=1S/C26H27ClN6O7S/c1-14(34)29-19-9-10-28-33(19)25-32-31-24(41-25)30-22(35)18-13-15(20-16(27)7-6-8-17(20)37-5)21(23(36)40-18)38-11-12-39-26(2,3)4/h6-10,13H,11-12H2,1-5H3,(H,29,34)(H,30,31,35). The van der Waals surface area contributed by atoms with Gasteiger partial charge in [-0.1, -0.05) is 29.0 Å². The Morgan fingerprint density at radius 2 is 1.93 bits per heavy atom. The fourth-order valence-corrected chi connectivity index (χ4v) is 4.56. The zero-order valence-corrected chi connectivity index (χ0v) is 24.4. The Kier molecular flexibility index (Phi) is 9.05. The molecule has 2 amide bonds. The van der Waals surface area contributed by atoms with E-state index in [9.17, 15) is 14.4 Å². The average Bonchev–Trinajstić information content (AvgIpc) is 3.55. The summed E-state index contributed by atoms with van der Waals surface area (Å²) in [7, 11) is 1.45. The largest absolute Gasteiger partial charge is 0.496 e. The molecule has 1 aromatic carbocycles. The first-order valence-electron chi connectivity index (χ1n) is 12.2. The van der Waals surface area contributed by atoms with Crippen molar-refractivity contribution in [2.24, 2.45) is 0 Å². The summed E-state index contributed by atoms with van der Waals surface area (Å²) in [5, 5.41) is 17.9. The van der Waals surface area contributed by atoms with Gasteiger partial charge in [0.05, 0.1) is 30.5 Å². The predicted molar refractivity (Wildman–Crippen MR) is 152 cm³/mol. The van der Waals surface area contributed by atoms with E-state index in [1.807, 2.05) is 20.8 Å². The highest BCUT2D eigenvalue weighted by molar-refractivity contribution is 7.17. The number of carbonyl (C=O) groups excluding carboxylic acids is 2. The monoisotopic (exact) mass is 602 g/mol. The van der Waals surface area contributed by atoms with Gasteiger partial charge < -0.3 is 23.9 Å². The highest BCUT2D eigenvalue weighted by atomic mass is 35.5. The summed E-state index contributed by atoms with van der Waals surface area (Å²) in [6, 6.07) is 7.89. The fourth-order valence-electron chi connectivity index (χ4n) is 3.59. The van der Waals surface area contributed by atoms with Gasteiger partial charge in [0, 0.05) is 24.1 Å². The van der Waals surface area contributed by atoms with Gasteiger partial charge in [-0.15, -0.1) is 10.2 Å². The molecule has 216 valence electrons. The molecule has 0 radical (unpaired) electrons. The van der Waals surface area contributed by atoms with E-state index in [-0.39, 0.29) is 51.5 Å². The lowest BCUT2D eigenvalue weighted by atomic mass is 10.0. The normalized spacial score (nSPS) is 11.3. The average molecular weight is 603 g/mol. The molecule has 0 aliphatic rings. The molecule has 13 nitrogen and oxygen atoms in total. The van der Waals surface area contributed by atoms with Crippen molar-refractivity contribution in [3.63, 3.8) is 0 Å². The third-order valence-corrected chi connectivity index (χ3v) is 6.35. The van der Waals surface area contributed by atoms with Gasteiger partial charge in [-0.3, -0.25) is 14.9 Å². The third-order valence-electron chi connectivity index (χ3n) is 5.22. The van der Waals surface area contributed by atoms with Gasteiger partial charge in [-0.25, -0.2) is 4.79 Å². The lowest BCUT2D eigenvalue weighted by molar-refractivity contribution is -0.114. The zero-order chi connectivity index (χ0) is 29.7. The van der Waals surface area contributed by atoms with Gasteiger partial charge in [0.2, 0.25) is 21.9 Å². The van der Waals surface area contributed by atoms with Crippen molar-refractivity contribution in [1.82, 2.24) is 20.0 Å². The summed E-state index contributed by atoms with van der Waals surface area (Å²) in [6.45, 7) is 7.28. The van der Waals surface area contributed by atoms with Crippen LogP contribution in [0.25, 0.3) is 16.3 Å². The van der Waals surface area contributed by atoms with Gasteiger partial charge in [-0.05, 0) is 39.0 Å². The molecular formula is C26H27ClN6O7S. The van der Waals surface area contributed by atoms with Gasteiger partial charge in [0.15, 0.2) is 5.76 Å². The number of hydrogen-bond acceptors (Lipinski definition) is 11. The van der Waals surface area contributed by atoms with Crippen molar-refractivity contribution in [1.29, 1.82) is 0 Å². The lowest BCUT2D eigenvalue weighted by Gasteiger charge is -2.20. The minimum atomic E-state index is -0.903. The van der Waals surface area contributed by atoms with Crippen LogP contribution in [0.3, 0.4) is 0 Å². The number of nitrogens with one attached hydrogen (secondary N) is 2. The molecular weight excluding hydrogens is 576 g/mol. The van der Waals surface area contributed by atoms with E-state index < -0.39 is 17.1 Å². The van der Waals surface area contributed by atoms with E-state index in [1.54, 1.807) is 24.3 Å². The Morgan fingerprint density at radius 1 is 1.15 bits per heavy atom. The summed E-state index contributed by atoms with van der Waals surface area (Å²) < 4.78 is 23.6. The van der Waals surface area contributed by atoms with Crippen molar-refractivity contribution in [3.05, 3.63) is 57.7 Å². The summed E-state index contributed by atoms with van der Waals surface area (Å²) in [5.41, 5.74) is -0.773. The minimum Gasteiger partial charge on any atom is -0.496 e. The predicted octanol–water partition coefficient (Wildman–Crippen LogP) is 4.41. The van der Waals surface area contributed by atoms with Crippen LogP contribution in [0.2, 0.25) is 5.02 Å². The zero-order valence-electron chi connectivity index (χ0n) is 22.8. The smallest absolute Gasteiger partial charge is 0.379 e. The molecule has 2 N–H and O–H groups in total. The van der Waals surface area contributed by atoms with Crippen molar-refractivity contribution in [2.45, 2.75) is 33.3 Å². The summed E-state index contributed by atoms with van der Waals surface area (Å²) in [4.78, 5) is 37.7. The number of rotatable bonds is 10. The maximum atomic E-state index is 13.2. The van der Waals surface area contributed by atoms with Crippen molar-refractivity contribution in [2.75, 3.05) is 31.0 Å². The first-order chi connectivity index (χ1) is 19.5. The lowest BCUT2D eigenvalue weighted by Crippen LogP contribution is -2.23. The van der Waals surface area contributed by atoms with Gasteiger partial charge in [0.25, 0.3) is 5.91 Å². The molecule has 4 rings (SSSR count). The van der Waals surface area contributed by atoms with E-state index >= 15 is 0 Å². The Balaban J connectivity index is 1.65. The van der Waals surface area contributed by atoms with Crippen LogP contribution < -0.4 is 25.7 Å². The molecule has 0 aliphatic heterocycles. The van der Waals surface area contributed by atoms with Crippen molar-refractivity contribution < 1.29 is 28.2 Å². The second-order valence-electron chi connectivity index (χ2n) is 9.42. The van der Waals surface area contributed by atoms with Gasteiger partial charge >= 0.3 is 5.63 Å². The number of benzene rings is 1. The highest BCUT2D eigenvalue weighted by Crippen LogP contribution is 2.40. The van der Waals surface area contributed by atoms with Crippen molar-refractivity contribution in [3.8, 4) is 27.8 Å². The maximum Gasteiger partial charge on any atom is 0.379 e. The van der Waals surface area contributed by atoms with Crippen LogP contribution in [-0.4, -0.2) is 57.7 Å². The molecule has 0 spiro atoms. The number of anilines is 2. The van der Waals surface area contributed by atoms with Crippen LogP contribution in [0.4, 0.5) is 10.9 Å². The van der Waals surface area contributed by atoms with E-state index in [4.69, 9.17) is 30.2 Å². The number of amides is 2. The number of aromatic nitrogens is 4. The Labute approximate surface area is 243 Å². The third kappa shape index (κ3) is 7.28. The molecule has 0 aliphatic carbocycles. The molecule has 15 heteroatoms. The van der Waals surface area contributed by atoms with E-state index in [1.165, 1.54) is 31.0 Å². The molecule has 0 bridgehead atoms. The van der Waals surface area contributed by atoms with Gasteiger partial charge in [0.1, 0.15) is 18.2 Å². The molecule has 41 heavy (non-hydrogen) atoms. The molecule has 0 saturated heterocycles. The maximum absolute atomic E-state index is 13.2. The first kappa shape index (κ1) is 29.7. The summed E-state index contributed by atoms with van der Waals surface area (Å²) in [5.74, 6) is -0.831. The highest BCUT2D eigenvalue weighted by Gasteiger charge is 2.24. The molecule has 0 unspecified atom stereocenters. The van der Waals surface area contributed by atoms with Crippen LogP contribution in [-0.2, 0) is 9.53 Å². The number of nitrogens with zero attached hydrogens (tertiary/aromatic N) is 4. The van der Waals surface area contributed by atoms with Crippen LogP contribution >= 0.6 is 22.9 Å². The number of methoxy groups -OCH3 is 1. The van der Waals surface area contributed by atoms with Crippen LogP contribution in [0.1, 0.15) is 38.2 Å². The number of ether oxygens (including phenoxy) is 3. The van der Waals surface area contributed by atoms with E-state index in [0.29, 0.717) is 17.1 Å². The minimum absolute atomic E-state index is 0.0365. The Morgan fingerprint density at radius 3 is 2.63 bits per heavy atom. The summed E-state index contributed by atoms with van der Waals surface area (Å²) in [6.07, 6.45) is 1.48. The van der Waals surface area contributed by atoms with Crippen molar-refractivity contribution >= 4 is 45.7 Å². The molecule has 0 atom stereocenters. The number of hydrogen-bond donors (Lipinski definition) is 2. The van der Waals surface area contributed by atoms with E-state index in [0.717, 1.165) is 11.3 Å². The second-order valence-corrected chi connectivity index (χ2v) is 10.8. The SMILES string of the molecule is COc1cccc(Cl)c1-c1cc(C(=O)Nc2nnc(-n3nccc3NC(C)=O)s2)oc(=O)c1OCCOC(C)(C)C. The number of halogens is 1. The molecule has 4 aromatic rings. The summed E-state index contributed by atoms with van der Waals surface area (Å²) >= 11 is 7.48. The van der Waals surface area contributed by atoms with Gasteiger partial charge in [-0.2, -0.15) is 9.78 Å². The van der Waals surface area contributed by atoms with Crippen LogP contribution in [0.15, 0.2) is 45.7 Å². The molecule has 0 fully saturated rings. The molecule has 3 aromatic heterocycles. The quantitative estimate of drug-likeness (QED) is 0.249. The molecule has 0 saturated carbocycles. The van der Waals surface area contributed by atoms with E-state index in [2.05, 4.69) is 25.9 Å².